The number of aromatic nitrogens is 1. The molecule has 3 rings (SSSR count). The number of rotatable bonds is 8. The molecular formula is C22H19NO5. The molecule has 1 N–H and O–H groups in total. The first-order valence-electron chi connectivity index (χ1n) is 8.67. The van der Waals surface area contributed by atoms with Gasteiger partial charge in [0.1, 0.15) is 18.9 Å². The van der Waals surface area contributed by atoms with Crippen LogP contribution in [0.4, 0.5) is 0 Å². The maximum Gasteiger partial charge on any atom is 0.358 e. The van der Waals surface area contributed by atoms with E-state index in [1.807, 2.05) is 60.7 Å². The number of carbonyl (C=O) groups is 2. The Bertz CT molecular complexity index is 971. The number of pyridine rings is 1. The van der Waals surface area contributed by atoms with Gasteiger partial charge in [0, 0.05) is 13.0 Å². The Kier molecular flexibility index (Phi) is 6.01. The first-order valence-corrected chi connectivity index (χ1v) is 8.67. The predicted molar refractivity (Wildman–Crippen MR) is 103 cm³/mol. The van der Waals surface area contributed by atoms with E-state index in [1.165, 1.54) is 13.0 Å². The van der Waals surface area contributed by atoms with Crippen molar-refractivity contribution in [2.45, 2.75) is 20.1 Å². The van der Waals surface area contributed by atoms with E-state index in [4.69, 9.17) is 9.47 Å². The number of nitrogens with zero attached hydrogens (tertiary/aromatic N) is 1. The van der Waals surface area contributed by atoms with E-state index in [9.17, 15) is 14.7 Å². The summed E-state index contributed by atoms with van der Waals surface area (Å²) in [5.74, 6) is -1.49. The largest absolute Gasteiger partial charge is 0.485 e. The lowest BCUT2D eigenvalue weighted by atomic mass is 10.2. The molecule has 0 aliphatic carbocycles. The summed E-state index contributed by atoms with van der Waals surface area (Å²) in [6, 6.07) is 20.2. The van der Waals surface area contributed by atoms with Crippen molar-refractivity contribution in [2.24, 2.45) is 0 Å². The van der Waals surface area contributed by atoms with Gasteiger partial charge in [0.05, 0.1) is 0 Å². The molecule has 28 heavy (non-hydrogen) atoms. The number of aromatic carboxylic acids is 1. The fraction of sp³-hybridized carbons (Fsp3) is 0.136. The molecule has 0 amide bonds. The van der Waals surface area contributed by atoms with Crippen LogP contribution in [-0.4, -0.2) is 21.8 Å². The normalized spacial score (nSPS) is 10.3. The van der Waals surface area contributed by atoms with Gasteiger partial charge in [-0.1, -0.05) is 60.7 Å². The highest BCUT2D eigenvalue weighted by molar-refractivity contribution is 5.96. The van der Waals surface area contributed by atoms with Gasteiger partial charge in [-0.05, 0) is 11.1 Å². The third-order valence-electron chi connectivity index (χ3n) is 3.97. The number of hydrogen-bond acceptors (Lipinski definition) is 5. The number of carboxylic acid groups (broad SMARTS) is 1. The molecule has 0 unspecified atom stereocenters. The van der Waals surface area contributed by atoms with Crippen molar-refractivity contribution >= 4 is 11.8 Å². The van der Waals surface area contributed by atoms with Crippen LogP contribution >= 0.6 is 0 Å². The molecule has 0 spiro atoms. The molecule has 6 nitrogen and oxygen atoms in total. The second kappa shape index (κ2) is 8.81. The van der Waals surface area contributed by atoms with Gasteiger partial charge >= 0.3 is 5.97 Å². The van der Waals surface area contributed by atoms with Crippen molar-refractivity contribution in [3.05, 3.63) is 89.2 Å². The summed E-state index contributed by atoms with van der Waals surface area (Å²) in [6.07, 6.45) is 0. The molecule has 1 heterocycles. The monoisotopic (exact) mass is 377 g/mol. The number of carboxylic acids is 1. The van der Waals surface area contributed by atoms with E-state index in [0.717, 1.165) is 11.1 Å². The molecule has 142 valence electrons. The van der Waals surface area contributed by atoms with Gasteiger partial charge in [0.25, 0.3) is 0 Å². The molecule has 0 bridgehead atoms. The van der Waals surface area contributed by atoms with E-state index in [0.29, 0.717) is 0 Å². The number of Topliss-reactive ketones (excluding diaryl/α,β-unsaturated/α-hetero) is 1. The van der Waals surface area contributed by atoms with Crippen LogP contribution in [0.1, 0.15) is 39.0 Å². The fourth-order valence-electron chi connectivity index (χ4n) is 2.55. The standard InChI is InChI=1S/C22H19NO5/c1-15(24)18-12-19(27-13-16-8-4-2-5-9-16)21(20(23-18)22(25)26)28-14-17-10-6-3-7-11-17/h2-12H,13-14H2,1H3,(H,25,26). The number of ketones is 1. The Morgan fingerprint density at radius 2 is 1.43 bits per heavy atom. The molecule has 0 saturated heterocycles. The van der Waals surface area contributed by atoms with Gasteiger partial charge in [-0.15, -0.1) is 0 Å². The molecule has 0 aliphatic rings. The van der Waals surface area contributed by atoms with Crippen LogP contribution in [0.15, 0.2) is 66.7 Å². The van der Waals surface area contributed by atoms with E-state index >= 15 is 0 Å². The van der Waals surface area contributed by atoms with Gasteiger partial charge in [-0.2, -0.15) is 0 Å². The summed E-state index contributed by atoms with van der Waals surface area (Å²) >= 11 is 0. The highest BCUT2D eigenvalue weighted by Crippen LogP contribution is 2.33. The lowest BCUT2D eigenvalue weighted by Gasteiger charge is -2.16. The lowest BCUT2D eigenvalue weighted by molar-refractivity contribution is 0.0683. The maximum atomic E-state index is 11.8. The summed E-state index contributed by atoms with van der Waals surface area (Å²) in [7, 11) is 0. The molecule has 0 aliphatic heterocycles. The summed E-state index contributed by atoms with van der Waals surface area (Å²) in [5.41, 5.74) is 1.41. The third kappa shape index (κ3) is 4.73. The quantitative estimate of drug-likeness (QED) is 0.594. The molecule has 0 atom stereocenters. The van der Waals surface area contributed by atoms with Crippen LogP contribution in [0, 0.1) is 0 Å². The zero-order valence-corrected chi connectivity index (χ0v) is 15.3. The second-order valence-corrected chi connectivity index (χ2v) is 6.09. The minimum atomic E-state index is -1.30. The van der Waals surface area contributed by atoms with Gasteiger partial charge < -0.3 is 14.6 Å². The fourth-order valence-corrected chi connectivity index (χ4v) is 2.55. The predicted octanol–water partition coefficient (Wildman–Crippen LogP) is 4.14. The van der Waals surface area contributed by atoms with Crippen LogP contribution < -0.4 is 9.47 Å². The second-order valence-electron chi connectivity index (χ2n) is 6.09. The van der Waals surface area contributed by atoms with Crippen molar-refractivity contribution < 1.29 is 24.2 Å². The number of hydrogen-bond donors (Lipinski definition) is 1. The third-order valence-corrected chi connectivity index (χ3v) is 3.97. The summed E-state index contributed by atoms with van der Waals surface area (Å²) < 4.78 is 11.6. The van der Waals surface area contributed by atoms with E-state index in [-0.39, 0.29) is 41.9 Å². The van der Waals surface area contributed by atoms with Crippen LogP contribution in [0.5, 0.6) is 11.5 Å². The first kappa shape index (κ1) is 19.1. The Hall–Kier alpha value is -3.67. The Morgan fingerprint density at radius 1 is 0.893 bits per heavy atom. The molecule has 0 fully saturated rings. The van der Waals surface area contributed by atoms with Crippen molar-refractivity contribution in [1.82, 2.24) is 4.98 Å². The van der Waals surface area contributed by atoms with Crippen LogP contribution in [0.25, 0.3) is 0 Å². The van der Waals surface area contributed by atoms with E-state index in [1.54, 1.807) is 0 Å². The number of benzene rings is 2. The molecule has 1 aromatic heterocycles. The first-order chi connectivity index (χ1) is 13.5. The van der Waals surface area contributed by atoms with Crippen molar-refractivity contribution in [2.75, 3.05) is 0 Å². The Labute approximate surface area is 162 Å². The molecule has 3 aromatic rings. The molecule has 6 heteroatoms. The van der Waals surface area contributed by atoms with Crippen LogP contribution in [0.3, 0.4) is 0 Å². The number of ether oxygens (including phenoxy) is 2. The molecule has 0 radical (unpaired) electrons. The van der Waals surface area contributed by atoms with E-state index in [2.05, 4.69) is 4.98 Å². The van der Waals surface area contributed by atoms with Crippen LogP contribution in [0.2, 0.25) is 0 Å². The zero-order chi connectivity index (χ0) is 19.9. The van der Waals surface area contributed by atoms with Crippen molar-refractivity contribution in [3.8, 4) is 11.5 Å². The highest BCUT2D eigenvalue weighted by Gasteiger charge is 2.22. The highest BCUT2D eigenvalue weighted by atomic mass is 16.5. The maximum absolute atomic E-state index is 11.8. The minimum absolute atomic E-state index is 0.00251. The Balaban J connectivity index is 1.95. The van der Waals surface area contributed by atoms with Crippen LogP contribution in [-0.2, 0) is 13.2 Å². The minimum Gasteiger partial charge on any atom is -0.485 e. The summed E-state index contributed by atoms with van der Waals surface area (Å²) in [6.45, 7) is 1.66. The average molecular weight is 377 g/mol. The van der Waals surface area contributed by atoms with Gasteiger partial charge in [-0.3, -0.25) is 4.79 Å². The number of carbonyl (C=O) groups excluding carboxylic acids is 1. The Morgan fingerprint density at radius 3 is 1.93 bits per heavy atom. The molecule has 2 aromatic carbocycles. The summed E-state index contributed by atoms with van der Waals surface area (Å²) in [5, 5.41) is 9.57. The van der Waals surface area contributed by atoms with E-state index < -0.39 is 5.97 Å². The van der Waals surface area contributed by atoms with Crippen molar-refractivity contribution in [1.29, 1.82) is 0 Å². The SMILES string of the molecule is CC(=O)c1cc(OCc2ccccc2)c(OCc2ccccc2)c(C(=O)O)n1. The topological polar surface area (TPSA) is 85.7 Å². The van der Waals surface area contributed by atoms with Gasteiger partial charge in [0.2, 0.25) is 0 Å². The average Bonchev–Trinajstić information content (AvgIpc) is 2.71. The molecular weight excluding hydrogens is 358 g/mol. The lowest BCUT2D eigenvalue weighted by Crippen LogP contribution is -2.12. The van der Waals surface area contributed by atoms with Crippen molar-refractivity contribution in [3.63, 3.8) is 0 Å². The van der Waals surface area contributed by atoms with Gasteiger partial charge in [-0.25, -0.2) is 9.78 Å². The smallest absolute Gasteiger partial charge is 0.358 e. The summed E-state index contributed by atoms with van der Waals surface area (Å²) in [4.78, 5) is 27.5. The van der Waals surface area contributed by atoms with Gasteiger partial charge in [0.15, 0.2) is 23.0 Å². The molecule has 0 saturated carbocycles. The zero-order valence-electron chi connectivity index (χ0n) is 15.3.